The third-order valence-electron chi connectivity index (χ3n) is 7.04. The van der Waals surface area contributed by atoms with E-state index in [4.69, 9.17) is 0 Å². The maximum atomic E-state index is 15.3. The molecule has 0 aliphatic heterocycles. The van der Waals surface area contributed by atoms with E-state index in [2.05, 4.69) is 13.8 Å². The zero-order valence-electron chi connectivity index (χ0n) is 18.3. The van der Waals surface area contributed by atoms with Gasteiger partial charge in [-0.05, 0) is 60.5 Å². The smallest absolute Gasteiger partial charge is 0.241 e. The molecule has 3 rings (SSSR count). The summed E-state index contributed by atoms with van der Waals surface area (Å²) in [5, 5.41) is 0. The second-order valence-corrected chi connectivity index (χ2v) is 9.52. The summed E-state index contributed by atoms with van der Waals surface area (Å²) in [5.74, 6) is -4.35. The van der Waals surface area contributed by atoms with Crippen molar-refractivity contribution in [2.45, 2.75) is 71.1 Å². The van der Waals surface area contributed by atoms with Gasteiger partial charge < -0.3 is 0 Å². The van der Waals surface area contributed by atoms with Gasteiger partial charge in [-0.2, -0.15) is 13.2 Å². The standard InChI is InChI=1S/C25H29F7/c1-15(2)5-3-6-16-9-11-18(12-10-16)24(25(30,31)32)21(28)13-17(14-22(24)29)23-19(26)7-4-8-20(23)27/h4,7-8,13-16,18,21H,3,5-6,9-12H2,1-2H3. The summed E-state index contributed by atoms with van der Waals surface area (Å²) in [6.45, 7) is 4.22. The van der Waals surface area contributed by atoms with Crippen molar-refractivity contribution < 1.29 is 30.7 Å². The normalized spacial score (nSPS) is 29.1. The van der Waals surface area contributed by atoms with E-state index in [1.54, 1.807) is 0 Å². The summed E-state index contributed by atoms with van der Waals surface area (Å²) < 4.78 is 101. The topological polar surface area (TPSA) is 0 Å². The van der Waals surface area contributed by atoms with Gasteiger partial charge in [-0.15, -0.1) is 0 Å². The van der Waals surface area contributed by atoms with Crippen LogP contribution in [0.15, 0.2) is 36.2 Å². The quantitative estimate of drug-likeness (QED) is 0.371. The highest BCUT2D eigenvalue weighted by molar-refractivity contribution is 5.77. The van der Waals surface area contributed by atoms with Crippen molar-refractivity contribution in [2.24, 2.45) is 23.2 Å². The lowest BCUT2D eigenvalue weighted by molar-refractivity contribution is -0.253. The number of alkyl halides is 4. The number of rotatable bonds is 6. The molecule has 32 heavy (non-hydrogen) atoms. The average molecular weight is 462 g/mol. The largest absolute Gasteiger partial charge is 0.404 e. The molecule has 0 amide bonds. The number of hydrogen-bond acceptors (Lipinski definition) is 0. The van der Waals surface area contributed by atoms with Crippen LogP contribution < -0.4 is 0 Å². The highest BCUT2D eigenvalue weighted by Crippen LogP contribution is 2.60. The van der Waals surface area contributed by atoms with Crippen LogP contribution in [-0.2, 0) is 0 Å². The molecule has 178 valence electrons. The van der Waals surface area contributed by atoms with Crippen LogP contribution in [0.3, 0.4) is 0 Å². The molecule has 1 fully saturated rings. The Morgan fingerprint density at radius 3 is 2.09 bits per heavy atom. The molecular weight excluding hydrogens is 433 g/mol. The van der Waals surface area contributed by atoms with Gasteiger partial charge in [0, 0.05) is 0 Å². The summed E-state index contributed by atoms with van der Waals surface area (Å²) in [6, 6.07) is 2.86. The SMILES string of the molecule is CC(C)CCCC1CCC(C2(C(F)(F)F)C(F)=CC(c3c(F)cccc3F)=CC2F)CC1. The Balaban J connectivity index is 1.86. The van der Waals surface area contributed by atoms with Crippen LogP contribution in [0.2, 0.25) is 0 Å². The molecule has 0 radical (unpaired) electrons. The molecule has 2 aliphatic rings. The molecule has 0 N–H and O–H groups in total. The second kappa shape index (κ2) is 9.60. The number of halogens is 7. The average Bonchev–Trinajstić information content (AvgIpc) is 2.67. The first-order valence-electron chi connectivity index (χ1n) is 11.2. The summed E-state index contributed by atoms with van der Waals surface area (Å²) in [5.41, 5.74) is -4.59. The minimum atomic E-state index is -5.18. The van der Waals surface area contributed by atoms with Crippen LogP contribution in [0.5, 0.6) is 0 Å². The third kappa shape index (κ3) is 4.62. The predicted octanol–water partition coefficient (Wildman–Crippen LogP) is 8.73. The molecule has 0 heterocycles. The van der Waals surface area contributed by atoms with E-state index in [-0.39, 0.29) is 18.8 Å². The molecule has 1 aromatic carbocycles. The van der Waals surface area contributed by atoms with Crippen molar-refractivity contribution in [1.29, 1.82) is 0 Å². The minimum absolute atomic E-state index is 0.0603. The molecule has 1 saturated carbocycles. The lowest BCUT2D eigenvalue weighted by Crippen LogP contribution is -2.53. The van der Waals surface area contributed by atoms with Crippen LogP contribution in [-0.4, -0.2) is 12.3 Å². The lowest BCUT2D eigenvalue weighted by atomic mass is 9.61. The molecule has 0 aromatic heterocycles. The number of benzene rings is 1. The predicted molar refractivity (Wildman–Crippen MR) is 111 cm³/mol. The van der Waals surface area contributed by atoms with Gasteiger partial charge in [0.15, 0.2) is 5.41 Å². The Morgan fingerprint density at radius 1 is 1.00 bits per heavy atom. The Hall–Kier alpha value is -1.79. The summed E-state index contributed by atoms with van der Waals surface area (Å²) >= 11 is 0. The van der Waals surface area contributed by atoms with E-state index in [1.807, 2.05) is 0 Å². The Kier molecular flexibility index (Phi) is 7.45. The molecule has 7 heteroatoms. The Bertz CT molecular complexity index is 839. The summed E-state index contributed by atoms with van der Waals surface area (Å²) in [4.78, 5) is 0. The van der Waals surface area contributed by atoms with E-state index in [0.29, 0.717) is 30.9 Å². The monoisotopic (exact) mass is 462 g/mol. The van der Waals surface area contributed by atoms with Crippen molar-refractivity contribution >= 4 is 5.57 Å². The Morgan fingerprint density at radius 2 is 1.59 bits per heavy atom. The van der Waals surface area contributed by atoms with Crippen molar-refractivity contribution in [2.75, 3.05) is 0 Å². The van der Waals surface area contributed by atoms with Crippen molar-refractivity contribution in [3.63, 3.8) is 0 Å². The molecule has 0 spiro atoms. The van der Waals surface area contributed by atoms with E-state index in [9.17, 15) is 22.0 Å². The lowest BCUT2D eigenvalue weighted by Gasteiger charge is -2.46. The van der Waals surface area contributed by atoms with Gasteiger partial charge in [0.2, 0.25) is 0 Å². The van der Waals surface area contributed by atoms with Crippen molar-refractivity contribution in [3.05, 3.63) is 53.4 Å². The second-order valence-electron chi connectivity index (χ2n) is 9.52. The van der Waals surface area contributed by atoms with Gasteiger partial charge in [-0.25, -0.2) is 17.6 Å². The fourth-order valence-electron chi connectivity index (χ4n) is 5.32. The minimum Gasteiger partial charge on any atom is -0.241 e. The maximum absolute atomic E-state index is 15.3. The van der Waals surface area contributed by atoms with Crippen molar-refractivity contribution in [3.8, 4) is 0 Å². The highest BCUT2D eigenvalue weighted by atomic mass is 19.4. The van der Waals surface area contributed by atoms with Crippen LogP contribution in [0.4, 0.5) is 30.7 Å². The highest BCUT2D eigenvalue weighted by Gasteiger charge is 2.67. The van der Waals surface area contributed by atoms with Gasteiger partial charge in [-0.3, -0.25) is 0 Å². The zero-order chi connectivity index (χ0) is 23.7. The molecule has 0 saturated heterocycles. The number of allylic oxidation sites excluding steroid dienone is 4. The molecular formula is C25H29F7. The van der Waals surface area contributed by atoms with E-state index >= 15 is 8.78 Å². The molecule has 2 atom stereocenters. The number of hydrogen-bond donors (Lipinski definition) is 0. The van der Waals surface area contributed by atoms with E-state index < -0.39 is 52.3 Å². The van der Waals surface area contributed by atoms with Gasteiger partial charge in [0.25, 0.3) is 0 Å². The maximum Gasteiger partial charge on any atom is 0.404 e. The fraction of sp³-hybridized carbons (Fsp3) is 0.600. The summed E-state index contributed by atoms with van der Waals surface area (Å²) in [6.07, 6.45) is -2.96. The van der Waals surface area contributed by atoms with Gasteiger partial charge in [0.05, 0.1) is 5.56 Å². The van der Waals surface area contributed by atoms with Crippen LogP contribution in [0.25, 0.3) is 5.57 Å². The molecule has 0 nitrogen and oxygen atoms in total. The third-order valence-corrected chi connectivity index (χ3v) is 7.04. The van der Waals surface area contributed by atoms with E-state index in [0.717, 1.165) is 37.5 Å². The zero-order valence-corrected chi connectivity index (χ0v) is 18.3. The van der Waals surface area contributed by atoms with Gasteiger partial charge in [-0.1, -0.05) is 52.0 Å². The first kappa shape index (κ1) is 24.8. The molecule has 2 aliphatic carbocycles. The fourth-order valence-corrected chi connectivity index (χ4v) is 5.32. The Labute approximate surface area is 184 Å². The van der Waals surface area contributed by atoms with Crippen molar-refractivity contribution in [1.82, 2.24) is 0 Å². The first-order valence-corrected chi connectivity index (χ1v) is 11.2. The van der Waals surface area contributed by atoms with Crippen LogP contribution >= 0.6 is 0 Å². The van der Waals surface area contributed by atoms with E-state index in [1.165, 1.54) is 0 Å². The molecule has 0 bridgehead atoms. The summed E-state index contributed by atoms with van der Waals surface area (Å²) in [7, 11) is 0. The van der Waals surface area contributed by atoms with Crippen LogP contribution in [0.1, 0.15) is 64.4 Å². The molecule has 1 aromatic rings. The molecule has 2 unspecified atom stereocenters. The first-order chi connectivity index (χ1) is 15.0. The van der Waals surface area contributed by atoms with Crippen LogP contribution in [0, 0.1) is 34.8 Å². The van der Waals surface area contributed by atoms with Gasteiger partial charge in [0.1, 0.15) is 23.6 Å². The van der Waals surface area contributed by atoms with Gasteiger partial charge >= 0.3 is 6.18 Å².